The Morgan fingerprint density at radius 3 is 2.67 bits per heavy atom. The largest absolute Gasteiger partial charge is 0.504 e. The van der Waals surface area contributed by atoms with Gasteiger partial charge in [0.2, 0.25) is 0 Å². The number of methoxy groups -OCH3 is 1. The molecule has 0 atom stereocenters. The van der Waals surface area contributed by atoms with Crippen molar-refractivity contribution in [2.24, 2.45) is 0 Å². The number of para-hydroxylation sites is 1. The van der Waals surface area contributed by atoms with E-state index >= 15 is 0 Å². The minimum Gasteiger partial charge on any atom is -0.504 e. The fraction of sp³-hybridized carbons (Fsp3) is 0.368. The Bertz CT molecular complexity index is 669. The van der Waals surface area contributed by atoms with Crippen LogP contribution in [0.25, 0.3) is 0 Å². The molecular weight excluding hydrogens is 304 g/mol. The third kappa shape index (κ3) is 3.99. The zero-order valence-electron chi connectivity index (χ0n) is 14.0. The van der Waals surface area contributed by atoms with Crippen LogP contribution in [0.2, 0.25) is 0 Å². The summed E-state index contributed by atoms with van der Waals surface area (Å²) in [6, 6.07) is 14.0. The summed E-state index contributed by atoms with van der Waals surface area (Å²) in [4.78, 5) is 2.37. The summed E-state index contributed by atoms with van der Waals surface area (Å²) in [5.41, 5.74) is 3.57. The highest BCUT2D eigenvalue weighted by atomic mass is 16.5. The van der Waals surface area contributed by atoms with E-state index in [-0.39, 0.29) is 5.75 Å². The molecule has 1 saturated heterocycles. The molecule has 3 rings (SSSR count). The van der Waals surface area contributed by atoms with Crippen LogP contribution in [0, 0.1) is 0 Å². The Labute approximate surface area is 142 Å². The highest BCUT2D eigenvalue weighted by Crippen LogP contribution is 2.26. The maximum atomic E-state index is 9.85. The summed E-state index contributed by atoms with van der Waals surface area (Å²) >= 11 is 0. The van der Waals surface area contributed by atoms with Gasteiger partial charge in [0.05, 0.1) is 20.3 Å². The molecule has 0 saturated carbocycles. The van der Waals surface area contributed by atoms with Gasteiger partial charge in [0.1, 0.15) is 0 Å². The minimum absolute atomic E-state index is 0.172. The second-order valence-electron chi connectivity index (χ2n) is 5.84. The van der Waals surface area contributed by atoms with Crippen LogP contribution in [-0.4, -0.2) is 38.5 Å². The van der Waals surface area contributed by atoms with Gasteiger partial charge in [-0.2, -0.15) is 0 Å². The number of hydrogen-bond donors (Lipinski definition) is 2. The number of rotatable bonds is 6. The van der Waals surface area contributed by atoms with Gasteiger partial charge in [-0.3, -0.25) is 0 Å². The highest BCUT2D eigenvalue weighted by molar-refractivity contribution is 5.54. The lowest BCUT2D eigenvalue weighted by molar-refractivity contribution is 0.122. The van der Waals surface area contributed by atoms with Crippen molar-refractivity contribution in [3.05, 3.63) is 53.6 Å². The van der Waals surface area contributed by atoms with Crippen molar-refractivity contribution in [2.75, 3.05) is 38.3 Å². The first-order valence-electron chi connectivity index (χ1n) is 8.25. The molecule has 2 N–H and O–H groups in total. The smallest absolute Gasteiger partial charge is 0.160 e. The Kier molecular flexibility index (Phi) is 5.56. The van der Waals surface area contributed by atoms with Crippen molar-refractivity contribution in [1.82, 2.24) is 5.32 Å². The van der Waals surface area contributed by atoms with Gasteiger partial charge in [-0.05, 0) is 29.3 Å². The topological polar surface area (TPSA) is 54.0 Å². The van der Waals surface area contributed by atoms with Crippen molar-refractivity contribution in [2.45, 2.75) is 13.1 Å². The van der Waals surface area contributed by atoms with Crippen LogP contribution in [0.1, 0.15) is 11.1 Å². The normalized spacial score (nSPS) is 14.6. The number of nitrogens with zero attached hydrogens (tertiary/aromatic N) is 1. The summed E-state index contributed by atoms with van der Waals surface area (Å²) < 4.78 is 10.5. The Morgan fingerprint density at radius 1 is 1.12 bits per heavy atom. The van der Waals surface area contributed by atoms with E-state index < -0.39 is 0 Å². The summed E-state index contributed by atoms with van der Waals surface area (Å²) in [7, 11) is 1.55. The first-order valence-corrected chi connectivity index (χ1v) is 8.25. The molecule has 24 heavy (non-hydrogen) atoms. The minimum atomic E-state index is 0.172. The molecule has 0 bridgehead atoms. The molecule has 2 aromatic carbocycles. The van der Waals surface area contributed by atoms with Crippen LogP contribution in [0.3, 0.4) is 0 Å². The van der Waals surface area contributed by atoms with E-state index in [1.54, 1.807) is 19.2 Å². The predicted molar refractivity (Wildman–Crippen MR) is 94.7 cm³/mol. The van der Waals surface area contributed by atoms with Crippen molar-refractivity contribution in [1.29, 1.82) is 0 Å². The Morgan fingerprint density at radius 2 is 1.92 bits per heavy atom. The van der Waals surface area contributed by atoms with Crippen LogP contribution in [0.4, 0.5) is 5.69 Å². The zero-order chi connectivity index (χ0) is 16.8. The monoisotopic (exact) mass is 328 g/mol. The molecule has 5 heteroatoms. The quantitative estimate of drug-likeness (QED) is 0.853. The Balaban J connectivity index is 1.61. The van der Waals surface area contributed by atoms with E-state index in [1.807, 2.05) is 6.07 Å². The lowest BCUT2D eigenvalue weighted by Gasteiger charge is -2.30. The first-order chi connectivity index (χ1) is 11.8. The number of aromatic hydroxyl groups is 1. The fourth-order valence-corrected chi connectivity index (χ4v) is 2.96. The van der Waals surface area contributed by atoms with Crippen molar-refractivity contribution < 1.29 is 14.6 Å². The molecule has 1 aliphatic rings. The second kappa shape index (κ2) is 8.04. The number of nitrogens with one attached hydrogen (secondary N) is 1. The van der Waals surface area contributed by atoms with Crippen LogP contribution in [0.5, 0.6) is 11.5 Å². The Hall–Kier alpha value is -2.24. The first kappa shape index (κ1) is 16.6. The maximum absolute atomic E-state index is 9.85. The average Bonchev–Trinajstić information content (AvgIpc) is 2.63. The molecule has 0 radical (unpaired) electrons. The molecule has 1 heterocycles. The van der Waals surface area contributed by atoms with E-state index in [4.69, 9.17) is 9.47 Å². The van der Waals surface area contributed by atoms with Crippen molar-refractivity contribution in [3.63, 3.8) is 0 Å². The number of hydrogen-bond acceptors (Lipinski definition) is 5. The molecule has 1 fully saturated rings. The lowest BCUT2D eigenvalue weighted by atomic mass is 10.1. The van der Waals surface area contributed by atoms with E-state index in [2.05, 4.69) is 34.5 Å². The van der Waals surface area contributed by atoms with Gasteiger partial charge in [0, 0.05) is 31.9 Å². The molecule has 0 unspecified atom stereocenters. The van der Waals surface area contributed by atoms with E-state index in [0.717, 1.165) is 38.4 Å². The zero-order valence-corrected chi connectivity index (χ0v) is 14.0. The SMILES string of the molecule is COc1ccc(CNCc2ccccc2N2CCOCC2)cc1O. The molecule has 1 aliphatic heterocycles. The van der Waals surface area contributed by atoms with Crippen LogP contribution < -0.4 is 15.0 Å². The third-order valence-electron chi connectivity index (χ3n) is 4.23. The second-order valence-corrected chi connectivity index (χ2v) is 5.84. The molecular formula is C19H24N2O3. The number of anilines is 1. The van der Waals surface area contributed by atoms with E-state index in [1.165, 1.54) is 11.3 Å². The molecule has 0 amide bonds. The number of benzene rings is 2. The van der Waals surface area contributed by atoms with E-state index in [0.29, 0.717) is 12.3 Å². The van der Waals surface area contributed by atoms with Gasteiger partial charge in [-0.1, -0.05) is 24.3 Å². The summed E-state index contributed by atoms with van der Waals surface area (Å²) in [6.45, 7) is 4.90. The molecule has 0 aliphatic carbocycles. The summed E-state index contributed by atoms with van der Waals surface area (Å²) in [6.07, 6.45) is 0. The molecule has 128 valence electrons. The van der Waals surface area contributed by atoms with Gasteiger partial charge < -0.3 is 24.8 Å². The predicted octanol–water partition coefficient (Wildman–Crippen LogP) is 2.53. The van der Waals surface area contributed by atoms with Crippen LogP contribution in [-0.2, 0) is 17.8 Å². The van der Waals surface area contributed by atoms with Gasteiger partial charge >= 0.3 is 0 Å². The standard InChI is InChI=1S/C19H24N2O3/c1-23-19-7-6-15(12-18(19)22)13-20-14-16-4-2-3-5-17(16)21-8-10-24-11-9-21/h2-7,12,20,22H,8-11,13-14H2,1H3. The van der Waals surface area contributed by atoms with Gasteiger partial charge in [-0.25, -0.2) is 0 Å². The lowest BCUT2D eigenvalue weighted by Crippen LogP contribution is -2.37. The van der Waals surface area contributed by atoms with Crippen LogP contribution in [0.15, 0.2) is 42.5 Å². The molecule has 0 aromatic heterocycles. The number of phenolic OH excluding ortho intramolecular Hbond substituents is 1. The molecule has 5 nitrogen and oxygen atoms in total. The average molecular weight is 328 g/mol. The summed E-state index contributed by atoms with van der Waals surface area (Å²) in [5, 5.41) is 13.3. The number of phenols is 1. The van der Waals surface area contributed by atoms with Crippen molar-refractivity contribution in [3.8, 4) is 11.5 Å². The fourth-order valence-electron chi connectivity index (χ4n) is 2.96. The van der Waals surface area contributed by atoms with Crippen molar-refractivity contribution >= 4 is 5.69 Å². The third-order valence-corrected chi connectivity index (χ3v) is 4.23. The molecule has 0 spiro atoms. The number of morpholine rings is 1. The highest BCUT2D eigenvalue weighted by Gasteiger charge is 2.14. The van der Waals surface area contributed by atoms with Crippen LogP contribution >= 0.6 is 0 Å². The molecule has 2 aromatic rings. The van der Waals surface area contributed by atoms with E-state index in [9.17, 15) is 5.11 Å². The maximum Gasteiger partial charge on any atom is 0.160 e. The summed E-state index contributed by atoms with van der Waals surface area (Å²) in [5.74, 6) is 0.668. The van der Waals surface area contributed by atoms with Gasteiger partial charge in [0.15, 0.2) is 11.5 Å². The van der Waals surface area contributed by atoms with Gasteiger partial charge in [-0.15, -0.1) is 0 Å². The van der Waals surface area contributed by atoms with Gasteiger partial charge in [0.25, 0.3) is 0 Å². The number of ether oxygens (including phenoxy) is 2.